The summed E-state index contributed by atoms with van der Waals surface area (Å²) in [5.74, 6) is -3.49. The largest absolute Gasteiger partial charge is 0.497 e. The van der Waals surface area contributed by atoms with Crippen molar-refractivity contribution in [1.29, 1.82) is 0 Å². The molecule has 0 unspecified atom stereocenters. The van der Waals surface area contributed by atoms with Crippen LogP contribution in [-0.2, 0) is 28.1 Å². The Morgan fingerprint density at radius 2 is 1.26 bits per heavy atom. The third-order valence-electron chi connectivity index (χ3n) is 15.1. The van der Waals surface area contributed by atoms with Gasteiger partial charge in [0, 0.05) is 57.2 Å². The summed E-state index contributed by atoms with van der Waals surface area (Å²) in [6, 6.07) is 54.8. The topological polar surface area (TPSA) is 124 Å². The van der Waals surface area contributed by atoms with E-state index < -0.39 is 41.2 Å². The van der Waals surface area contributed by atoms with Crippen molar-refractivity contribution in [2.45, 2.75) is 43.6 Å². The van der Waals surface area contributed by atoms with E-state index in [1.54, 1.807) is 19.2 Å². The fourth-order valence-electron chi connectivity index (χ4n) is 10.9. The van der Waals surface area contributed by atoms with Crippen molar-refractivity contribution in [1.82, 2.24) is 4.90 Å². The van der Waals surface area contributed by atoms with Crippen LogP contribution in [0.4, 0.5) is 39.0 Å². The van der Waals surface area contributed by atoms with Crippen LogP contribution in [-0.4, -0.2) is 88.3 Å². The number of amidine groups is 1. The van der Waals surface area contributed by atoms with Gasteiger partial charge in [-0.25, -0.2) is 18.6 Å². The van der Waals surface area contributed by atoms with Crippen LogP contribution in [0.15, 0.2) is 188 Å². The first kappa shape index (κ1) is 56.4. The maximum Gasteiger partial charge on any atom is 0.471 e. The minimum Gasteiger partial charge on any atom is -0.497 e. The van der Waals surface area contributed by atoms with Crippen LogP contribution in [0.2, 0.25) is 0 Å². The highest BCUT2D eigenvalue weighted by atomic mass is 19.4. The van der Waals surface area contributed by atoms with E-state index in [1.807, 2.05) is 158 Å². The van der Waals surface area contributed by atoms with Gasteiger partial charge in [0.05, 0.1) is 29.6 Å². The number of halogens is 5. The van der Waals surface area contributed by atoms with E-state index in [0.29, 0.717) is 70.5 Å². The van der Waals surface area contributed by atoms with Crippen LogP contribution in [0, 0.1) is 11.6 Å². The Balaban J connectivity index is 1.17. The van der Waals surface area contributed by atoms with E-state index in [0.717, 1.165) is 34.1 Å². The van der Waals surface area contributed by atoms with E-state index in [-0.39, 0.29) is 61.7 Å². The molecule has 4 N–H and O–H groups in total. The van der Waals surface area contributed by atoms with Gasteiger partial charge in [0.2, 0.25) is 0 Å². The standard InChI is InChI=1S/C66H61F5N6O5/c1-75-30-32-76(33-31-75)54-22-27-57(61(41-54)77(64(79)66(69,70)71)53-28-34-81-35-29-53)63(78)73-62(72)59-39-47(36-45-37-51(67)40-52(68)38-45)58(46-20-25-56(26-21-46)82-43-44-18-23-55(80-2)24-19-44)42-60(59)74-65(48-12-6-3-7-13-48,49-14-8-4-9-15-49)50-16-10-5-11-17-50/h3-27,37-42,53,74H,28-36,43H2,1-2H3,(H2,72,73,78)/p+1. The summed E-state index contributed by atoms with van der Waals surface area (Å²) in [5, 5.41) is 3.93. The lowest BCUT2D eigenvalue weighted by Crippen LogP contribution is -2.79. The summed E-state index contributed by atoms with van der Waals surface area (Å²) in [4.78, 5) is 36.7. The molecule has 8 aromatic rings. The summed E-state index contributed by atoms with van der Waals surface area (Å²) < 4.78 is 91.9. The number of benzene rings is 8. The lowest BCUT2D eigenvalue weighted by Gasteiger charge is -2.38. The molecule has 0 aromatic heterocycles. The van der Waals surface area contributed by atoms with E-state index in [2.05, 4.69) is 15.2 Å². The van der Waals surface area contributed by atoms with E-state index in [1.165, 1.54) is 24.3 Å². The lowest BCUT2D eigenvalue weighted by molar-refractivity contribution is -0.345. The van der Waals surface area contributed by atoms with Crippen molar-refractivity contribution in [3.8, 4) is 22.6 Å². The summed E-state index contributed by atoms with van der Waals surface area (Å²) in [7, 11) is 3.58. The molecular formula is C66H62F5N6O5+. The highest BCUT2D eigenvalue weighted by Crippen LogP contribution is 2.43. The highest BCUT2D eigenvalue weighted by molar-refractivity contribution is 6.07. The second-order valence-corrected chi connectivity index (χ2v) is 20.5. The van der Waals surface area contributed by atoms with Gasteiger partial charge in [-0.1, -0.05) is 115 Å². The lowest BCUT2D eigenvalue weighted by atomic mass is 9.76. The van der Waals surface area contributed by atoms with Crippen molar-refractivity contribution >= 4 is 34.7 Å². The van der Waals surface area contributed by atoms with Crippen LogP contribution < -0.4 is 35.3 Å². The van der Waals surface area contributed by atoms with E-state index in [4.69, 9.17) is 19.9 Å². The predicted molar refractivity (Wildman–Crippen MR) is 308 cm³/mol. The highest BCUT2D eigenvalue weighted by Gasteiger charge is 2.47. The molecule has 0 radical (unpaired) electrons. The van der Waals surface area contributed by atoms with E-state index in [9.17, 15) is 18.0 Å². The second-order valence-electron chi connectivity index (χ2n) is 20.5. The summed E-state index contributed by atoms with van der Waals surface area (Å²) in [6.45, 7) is 2.99. The fraction of sp³-hybridized carbons (Fsp3) is 0.227. The number of rotatable bonds is 17. The molecule has 10 rings (SSSR count). The summed E-state index contributed by atoms with van der Waals surface area (Å²) >= 11 is 0. The molecule has 0 spiro atoms. The van der Waals surface area contributed by atoms with Crippen LogP contribution in [0.25, 0.3) is 11.1 Å². The molecule has 16 heteroatoms. The molecule has 2 aliphatic rings. The third-order valence-corrected chi connectivity index (χ3v) is 15.1. The first-order valence-corrected chi connectivity index (χ1v) is 27.1. The number of nitrogen functional groups attached to an aromatic ring is 1. The molecule has 2 heterocycles. The number of hydrogen-bond donors (Lipinski definition) is 3. The number of anilines is 3. The van der Waals surface area contributed by atoms with Crippen LogP contribution in [0.5, 0.6) is 11.5 Å². The number of carbonyl (C=O) groups excluding carboxylic acids is 2. The molecule has 2 fully saturated rings. The molecule has 420 valence electrons. The van der Waals surface area contributed by atoms with Crippen molar-refractivity contribution < 1.29 is 50.7 Å². The van der Waals surface area contributed by atoms with Crippen molar-refractivity contribution in [3.63, 3.8) is 0 Å². The third kappa shape index (κ3) is 12.7. The van der Waals surface area contributed by atoms with E-state index >= 15 is 13.6 Å². The van der Waals surface area contributed by atoms with Crippen LogP contribution >= 0.6 is 0 Å². The maximum absolute atomic E-state index is 15.2. The Bertz CT molecular complexity index is 3420. The van der Waals surface area contributed by atoms with Crippen LogP contribution in [0.3, 0.4) is 0 Å². The summed E-state index contributed by atoms with van der Waals surface area (Å²) in [5.41, 5.74) is 12.3. The second kappa shape index (κ2) is 24.9. The Morgan fingerprint density at radius 3 is 1.82 bits per heavy atom. The smallest absolute Gasteiger partial charge is 0.471 e. The van der Waals surface area contributed by atoms with Gasteiger partial charge in [0.1, 0.15) is 35.3 Å². The van der Waals surface area contributed by atoms with Gasteiger partial charge >= 0.3 is 18.0 Å². The van der Waals surface area contributed by atoms with Crippen molar-refractivity contribution in [2.75, 3.05) is 68.7 Å². The van der Waals surface area contributed by atoms with Gasteiger partial charge in [-0.05, 0) is 138 Å². The van der Waals surface area contributed by atoms with Gasteiger partial charge in [-0.3, -0.25) is 10.5 Å². The number of carbonyl (C=O) groups is 2. The Labute approximate surface area is 473 Å². The molecule has 2 aliphatic heterocycles. The molecule has 0 atom stereocenters. The average molecular weight is 1110 g/mol. The Hall–Kier alpha value is -8.86. The number of piperazine rings is 1. The molecule has 11 nitrogen and oxygen atoms in total. The first-order chi connectivity index (χ1) is 39.7. The number of alkyl halides is 3. The number of amides is 2. The zero-order valence-corrected chi connectivity index (χ0v) is 45.4. The molecule has 2 saturated heterocycles. The molecule has 82 heavy (non-hydrogen) atoms. The normalized spacial score (nSPS) is 14.5. The predicted octanol–water partition coefficient (Wildman–Crippen LogP) is 10.7. The fourth-order valence-corrected chi connectivity index (χ4v) is 10.9. The Kier molecular flexibility index (Phi) is 17.1. The first-order valence-electron chi connectivity index (χ1n) is 27.1. The van der Waals surface area contributed by atoms with Gasteiger partial charge in [0.25, 0.3) is 5.84 Å². The number of likely N-dealkylation sites (N-methyl/N-ethyl adjacent to an activating group) is 1. The monoisotopic (exact) mass is 1110 g/mol. The quantitative estimate of drug-likeness (QED) is 0.0354. The SMILES string of the molecule is COc1ccc(COc2ccc(-c3cc(NC(c4ccccc4)(c4ccccc4)c4ccccc4)c(C(N)=[NH+]C(=O)c4ccc(N5CCN(C)CC5)cc4N(C(=O)C(F)(F)F)C4CCOCC4)cc3Cc3cc(F)cc(F)c3)cc2)cc1. The van der Waals surface area contributed by atoms with Crippen molar-refractivity contribution in [2.24, 2.45) is 5.73 Å². The molecule has 0 saturated carbocycles. The molecule has 2 amide bonds. The van der Waals surface area contributed by atoms with Gasteiger partial charge < -0.3 is 34.2 Å². The number of methoxy groups -OCH3 is 1. The minimum absolute atomic E-state index is 0.0209. The minimum atomic E-state index is -5.29. The van der Waals surface area contributed by atoms with Gasteiger partial charge in [0.15, 0.2) is 0 Å². The molecule has 0 aliphatic carbocycles. The molecule has 0 bridgehead atoms. The number of nitrogens with two attached hydrogens (primary N) is 1. The average Bonchev–Trinajstić information content (AvgIpc) is 3.67. The maximum atomic E-state index is 15.2. The van der Waals surface area contributed by atoms with Gasteiger partial charge in [-0.15, -0.1) is 0 Å². The number of nitrogens with one attached hydrogen (secondary N) is 2. The van der Waals surface area contributed by atoms with Crippen molar-refractivity contribution in [3.05, 3.63) is 244 Å². The molecule has 8 aromatic carbocycles. The van der Waals surface area contributed by atoms with Gasteiger partial charge in [-0.2, -0.15) is 13.2 Å². The molecular weight excluding hydrogens is 1050 g/mol. The number of ether oxygens (including phenoxy) is 3. The zero-order chi connectivity index (χ0) is 57.4. The zero-order valence-electron chi connectivity index (χ0n) is 45.4. The van der Waals surface area contributed by atoms with Crippen LogP contribution in [0.1, 0.15) is 62.1 Å². The number of nitrogens with zero attached hydrogens (tertiary/aromatic N) is 3. The Morgan fingerprint density at radius 1 is 0.683 bits per heavy atom. The summed E-state index contributed by atoms with van der Waals surface area (Å²) in [6.07, 6.45) is -5.12. The number of hydrogen-bond acceptors (Lipinski definition) is 8.